The monoisotopic (exact) mass is 450 g/mol. The van der Waals surface area contributed by atoms with E-state index in [2.05, 4.69) is 5.32 Å². The highest BCUT2D eigenvalue weighted by atomic mass is 32.2. The van der Waals surface area contributed by atoms with E-state index in [0.717, 1.165) is 19.3 Å². The van der Waals surface area contributed by atoms with Gasteiger partial charge in [0.25, 0.3) is 0 Å². The lowest BCUT2D eigenvalue weighted by Gasteiger charge is -2.34. The molecule has 0 radical (unpaired) electrons. The minimum absolute atomic E-state index is 0.0364. The van der Waals surface area contributed by atoms with Crippen LogP contribution in [0.25, 0.3) is 0 Å². The molecule has 0 bridgehead atoms. The molecule has 9 heteroatoms. The number of carbonyl (C=O) groups excluding carboxylic acids is 2. The molecule has 0 spiro atoms. The van der Waals surface area contributed by atoms with Crippen molar-refractivity contribution in [2.75, 3.05) is 44.6 Å². The first-order valence-corrected chi connectivity index (χ1v) is 12.8. The van der Waals surface area contributed by atoms with E-state index in [4.69, 9.17) is 0 Å². The van der Waals surface area contributed by atoms with Gasteiger partial charge in [-0.2, -0.15) is 4.31 Å². The summed E-state index contributed by atoms with van der Waals surface area (Å²) in [6.45, 7) is 7.56. The molecule has 0 aliphatic carbocycles. The summed E-state index contributed by atoms with van der Waals surface area (Å²) in [5.41, 5.74) is 0.587. The molecule has 0 saturated carbocycles. The number of benzene rings is 1. The van der Waals surface area contributed by atoms with Crippen LogP contribution in [-0.2, 0) is 14.8 Å². The number of hydrogen-bond acceptors (Lipinski definition) is 4. The molecule has 2 aliphatic heterocycles. The third-order valence-electron chi connectivity index (χ3n) is 6.24. The molecule has 31 heavy (non-hydrogen) atoms. The van der Waals surface area contributed by atoms with Gasteiger partial charge in [-0.25, -0.2) is 13.2 Å². The number of amides is 3. The van der Waals surface area contributed by atoms with Crippen molar-refractivity contribution in [3.05, 3.63) is 24.3 Å². The normalized spacial score (nSPS) is 18.6. The maximum absolute atomic E-state index is 12.7. The number of rotatable bonds is 6. The van der Waals surface area contributed by atoms with E-state index < -0.39 is 10.0 Å². The maximum atomic E-state index is 12.7. The molecule has 3 rings (SSSR count). The van der Waals surface area contributed by atoms with Crippen LogP contribution < -0.4 is 5.32 Å². The Morgan fingerprint density at radius 1 is 0.968 bits per heavy atom. The molecule has 0 aromatic heterocycles. The molecule has 3 amide bonds. The zero-order valence-electron chi connectivity index (χ0n) is 18.5. The van der Waals surface area contributed by atoms with Gasteiger partial charge >= 0.3 is 6.03 Å². The van der Waals surface area contributed by atoms with Crippen molar-refractivity contribution in [2.45, 2.75) is 50.8 Å². The van der Waals surface area contributed by atoms with Crippen LogP contribution >= 0.6 is 0 Å². The number of urea groups is 1. The maximum Gasteiger partial charge on any atom is 0.319 e. The quantitative estimate of drug-likeness (QED) is 0.721. The number of hydrogen-bond donors (Lipinski definition) is 1. The number of likely N-dealkylation sites (tertiary alicyclic amines) is 1. The van der Waals surface area contributed by atoms with E-state index in [1.54, 1.807) is 29.2 Å². The Kier molecular flexibility index (Phi) is 7.94. The molecule has 1 aromatic carbocycles. The summed E-state index contributed by atoms with van der Waals surface area (Å²) in [6.07, 6.45) is 4.11. The van der Waals surface area contributed by atoms with E-state index in [-0.39, 0.29) is 22.8 Å². The van der Waals surface area contributed by atoms with Crippen LogP contribution in [0, 0.1) is 5.92 Å². The van der Waals surface area contributed by atoms with Gasteiger partial charge in [-0.15, -0.1) is 0 Å². The standard InChI is InChI=1S/C22H34N4O4S/c1-3-24(4-2)22(28)25-16-12-18(13-17-25)21(27)23-19-8-10-20(11-9-19)31(29,30)26-14-6-5-7-15-26/h8-11,18H,3-7,12-17H2,1-2H3,(H,23,27). The fraction of sp³-hybridized carbons (Fsp3) is 0.636. The number of anilines is 1. The lowest BCUT2D eigenvalue weighted by molar-refractivity contribution is -0.121. The number of carbonyl (C=O) groups is 2. The summed E-state index contributed by atoms with van der Waals surface area (Å²) in [7, 11) is -3.47. The zero-order chi connectivity index (χ0) is 22.4. The summed E-state index contributed by atoms with van der Waals surface area (Å²) >= 11 is 0. The molecule has 8 nitrogen and oxygen atoms in total. The summed E-state index contributed by atoms with van der Waals surface area (Å²) in [6, 6.07) is 6.45. The lowest BCUT2D eigenvalue weighted by atomic mass is 9.96. The molecule has 2 aliphatic rings. The topological polar surface area (TPSA) is 90.0 Å². The van der Waals surface area contributed by atoms with Crippen molar-refractivity contribution < 1.29 is 18.0 Å². The van der Waals surface area contributed by atoms with Crippen LogP contribution in [0.3, 0.4) is 0 Å². The second kappa shape index (κ2) is 10.5. The molecular weight excluding hydrogens is 416 g/mol. The minimum Gasteiger partial charge on any atom is -0.326 e. The Balaban J connectivity index is 1.54. The van der Waals surface area contributed by atoms with E-state index in [1.807, 2.05) is 18.7 Å². The van der Waals surface area contributed by atoms with Crippen molar-refractivity contribution in [2.24, 2.45) is 5.92 Å². The molecule has 2 fully saturated rings. The number of nitrogens with zero attached hydrogens (tertiary/aromatic N) is 3. The van der Waals surface area contributed by atoms with Crippen LogP contribution in [0.1, 0.15) is 46.0 Å². The van der Waals surface area contributed by atoms with Crippen molar-refractivity contribution in [3.63, 3.8) is 0 Å². The van der Waals surface area contributed by atoms with Gasteiger partial charge in [-0.3, -0.25) is 4.79 Å². The average Bonchev–Trinajstić information content (AvgIpc) is 2.81. The Bertz CT molecular complexity index is 854. The molecule has 0 unspecified atom stereocenters. The van der Waals surface area contributed by atoms with Crippen molar-refractivity contribution in [3.8, 4) is 0 Å². The summed E-state index contributed by atoms with van der Waals surface area (Å²) in [5.74, 6) is -0.237. The van der Waals surface area contributed by atoms with Crippen LogP contribution in [0.5, 0.6) is 0 Å². The largest absolute Gasteiger partial charge is 0.326 e. The average molecular weight is 451 g/mol. The van der Waals surface area contributed by atoms with Gasteiger partial charge in [-0.1, -0.05) is 6.42 Å². The van der Waals surface area contributed by atoms with Gasteiger partial charge in [0.1, 0.15) is 0 Å². The van der Waals surface area contributed by atoms with Gasteiger partial charge in [0.05, 0.1) is 4.90 Å². The summed E-state index contributed by atoms with van der Waals surface area (Å²) < 4.78 is 27.0. The van der Waals surface area contributed by atoms with Gasteiger partial charge in [-0.05, 0) is 63.8 Å². The van der Waals surface area contributed by atoms with Crippen molar-refractivity contribution >= 4 is 27.6 Å². The molecule has 2 saturated heterocycles. The van der Waals surface area contributed by atoms with Crippen LogP contribution in [0.4, 0.5) is 10.5 Å². The molecule has 0 atom stereocenters. The molecular formula is C22H34N4O4S. The highest BCUT2D eigenvalue weighted by Crippen LogP contribution is 2.24. The first-order chi connectivity index (χ1) is 14.9. The highest BCUT2D eigenvalue weighted by Gasteiger charge is 2.29. The third kappa shape index (κ3) is 5.57. The van der Waals surface area contributed by atoms with E-state index >= 15 is 0 Å². The van der Waals surface area contributed by atoms with Gasteiger partial charge in [0, 0.05) is 50.9 Å². The lowest BCUT2D eigenvalue weighted by Crippen LogP contribution is -2.47. The van der Waals surface area contributed by atoms with Gasteiger partial charge in [0.2, 0.25) is 15.9 Å². The smallest absolute Gasteiger partial charge is 0.319 e. The number of piperidine rings is 2. The minimum atomic E-state index is -3.47. The fourth-order valence-corrected chi connectivity index (χ4v) is 5.75. The first-order valence-electron chi connectivity index (χ1n) is 11.3. The third-order valence-corrected chi connectivity index (χ3v) is 8.16. The van der Waals surface area contributed by atoms with Gasteiger partial charge < -0.3 is 15.1 Å². The van der Waals surface area contributed by atoms with E-state index in [9.17, 15) is 18.0 Å². The Labute approximate surface area is 185 Å². The van der Waals surface area contributed by atoms with Gasteiger partial charge in [0.15, 0.2) is 0 Å². The molecule has 2 heterocycles. The fourth-order valence-electron chi connectivity index (χ4n) is 4.24. The second-order valence-electron chi connectivity index (χ2n) is 8.19. The predicted molar refractivity (Wildman–Crippen MR) is 120 cm³/mol. The SMILES string of the molecule is CCN(CC)C(=O)N1CCC(C(=O)Nc2ccc(S(=O)(=O)N3CCCCC3)cc2)CC1. The second-order valence-corrected chi connectivity index (χ2v) is 10.1. The Morgan fingerprint density at radius 3 is 2.10 bits per heavy atom. The number of nitrogens with one attached hydrogen (secondary N) is 1. The van der Waals surface area contributed by atoms with Crippen LogP contribution in [-0.4, -0.2) is 73.7 Å². The van der Waals surface area contributed by atoms with Crippen molar-refractivity contribution in [1.82, 2.24) is 14.1 Å². The highest BCUT2D eigenvalue weighted by molar-refractivity contribution is 7.89. The van der Waals surface area contributed by atoms with E-state index in [1.165, 1.54) is 4.31 Å². The zero-order valence-corrected chi connectivity index (χ0v) is 19.4. The van der Waals surface area contributed by atoms with Crippen LogP contribution in [0.2, 0.25) is 0 Å². The van der Waals surface area contributed by atoms with Crippen molar-refractivity contribution in [1.29, 1.82) is 0 Å². The summed E-state index contributed by atoms with van der Waals surface area (Å²) in [4.78, 5) is 29.0. The Hall–Kier alpha value is -2.13. The first kappa shape index (κ1) is 23.5. The van der Waals surface area contributed by atoms with Crippen LogP contribution in [0.15, 0.2) is 29.2 Å². The molecule has 172 valence electrons. The van der Waals surface area contributed by atoms with E-state index in [0.29, 0.717) is 57.8 Å². The molecule has 1 N–H and O–H groups in total. The Morgan fingerprint density at radius 2 is 1.55 bits per heavy atom. The number of sulfonamides is 1. The molecule has 1 aromatic rings. The summed E-state index contributed by atoms with van der Waals surface area (Å²) in [5, 5.41) is 2.90. The predicted octanol–water partition coefficient (Wildman–Crippen LogP) is 2.97.